The van der Waals surface area contributed by atoms with Crippen LogP contribution in [0, 0.1) is 5.41 Å². The monoisotopic (exact) mass is 196 g/mol. The van der Waals surface area contributed by atoms with E-state index in [1.54, 1.807) is 0 Å². The van der Waals surface area contributed by atoms with Crippen LogP contribution in [0.25, 0.3) is 0 Å². The molecule has 1 fully saturated rings. The third-order valence-corrected chi connectivity index (χ3v) is 3.87. The van der Waals surface area contributed by atoms with Crippen molar-refractivity contribution in [2.24, 2.45) is 5.41 Å². The van der Waals surface area contributed by atoms with Crippen molar-refractivity contribution < 1.29 is 13.6 Å². The van der Waals surface area contributed by atoms with Crippen LogP contribution >= 0.6 is 6.72 Å². The Morgan fingerprint density at radius 2 is 1.82 bits per heavy atom. The summed E-state index contributed by atoms with van der Waals surface area (Å²) in [4.78, 5) is 0. The molecule has 0 N–H and O–H groups in total. The predicted octanol–water partition coefficient (Wildman–Crippen LogP) is 1.93. The quantitative estimate of drug-likeness (QED) is 0.599. The number of hydrogen-bond donors (Lipinski definition) is 0. The summed E-state index contributed by atoms with van der Waals surface area (Å²) < 4.78 is 15.6. The van der Waals surface area contributed by atoms with E-state index < -0.39 is 6.72 Å². The van der Waals surface area contributed by atoms with Crippen LogP contribution in [0.1, 0.15) is 13.8 Å². The van der Waals surface area contributed by atoms with Crippen molar-refractivity contribution in [3.8, 4) is 0 Å². The van der Waals surface area contributed by atoms with Gasteiger partial charge in [-0.15, -0.1) is 0 Å². The average Bonchev–Trinajstić information content (AvgIpc) is 1.97. The molecule has 3 nitrogen and oxygen atoms in total. The van der Waals surface area contributed by atoms with E-state index in [2.05, 4.69) is 13.8 Å². The van der Waals surface area contributed by atoms with E-state index in [9.17, 15) is 0 Å². The molecule has 0 amide bonds. The highest BCUT2D eigenvalue weighted by molar-refractivity contribution is 8.07. The van der Waals surface area contributed by atoms with E-state index in [0.29, 0.717) is 13.2 Å². The first-order chi connectivity index (χ1) is 4.97. The Morgan fingerprint density at radius 3 is 2.18 bits per heavy atom. The van der Waals surface area contributed by atoms with Gasteiger partial charge < -0.3 is 13.6 Å². The minimum Gasteiger partial charge on any atom is -0.312 e. The topological polar surface area (TPSA) is 27.7 Å². The first-order valence-corrected chi connectivity index (χ1v) is 5.98. The maximum absolute atomic E-state index is 5.31. The van der Waals surface area contributed by atoms with Gasteiger partial charge in [0.15, 0.2) is 0 Å². The number of rotatable bonds is 1. The smallest absolute Gasteiger partial charge is 0.312 e. The lowest BCUT2D eigenvalue weighted by Crippen LogP contribution is -2.29. The Morgan fingerprint density at radius 1 is 1.36 bits per heavy atom. The SMILES string of the molecule is COP1(=S)OCC(C)(C)CO1. The molecular weight excluding hydrogens is 183 g/mol. The Balaban J connectivity index is 2.55. The van der Waals surface area contributed by atoms with E-state index in [1.807, 2.05) is 0 Å². The van der Waals surface area contributed by atoms with Crippen LogP contribution in [-0.4, -0.2) is 20.3 Å². The zero-order valence-corrected chi connectivity index (χ0v) is 8.71. The zero-order chi connectivity index (χ0) is 8.54. The lowest BCUT2D eigenvalue weighted by atomic mass is 9.97. The Hall–Kier alpha value is 0.530. The first kappa shape index (κ1) is 9.62. The highest BCUT2D eigenvalue weighted by atomic mass is 32.5. The largest absolute Gasteiger partial charge is 0.326 e. The highest BCUT2D eigenvalue weighted by Gasteiger charge is 2.33. The normalized spacial score (nSPS) is 28.3. The third-order valence-electron chi connectivity index (χ3n) is 1.45. The van der Waals surface area contributed by atoms with Crippen LogP contribution < -0.4 is 0 Å². The van der Waals surface area contributed by atoms with Crippen molar-refractivity contribution in [3.63, 3.8) is 0 Å². The van der Waals surface area contributed by atoms with Crippen LogP contribution in [0.15, 0.2) is 0 Å². The first-order valence-electron chi connectivity index (χ1n) is 3.42. The third kappa shape index (κ3) is 2.49. The molecule has 1 heterocycles. The summed E-state index contributed by atoms with van der Waals surface area (Å²) in [6.07, 6.45) is 0. The Bertz CT molecular complexity index is 178. The van der Waals surface area contributed by atoms with Gasteiger partial charge in [-0.2, -0.15) is 0 Å². The molecule has 0 atom stereocenters. The summed E-state index contributed by atoms with van der Waals surface area (Å²) in [5.41, 5.74) is 0.0703. The summed E-state index contributed by atoms with van der Waals surface area (Å²) in [6, 6.07) is 0. The summed E-state index contributed by atoms with van der Waals surface area (Å²) in [5.74, 6) is 0. The van der Waals surface area contributed by atoms with Crippen molar-refractivity contribution in [2.45, 2.75) is 13.8 Å². The van der Waals surface area contributed by atoms with E-state index in [-0.39, 0.29) is 5.41 Å². The molecule has 0 aromatic carbocycles. The molecular formula is C6H13O3PS. The van der Waals surface area contributed by atoms with Crippen molar-refractivity contribution in [2.75, 3.05) is 20.3 Å². The van der Waals surface area contributed by atoms with Crippen molar-refractivity contribution in [1.82, 2.24) is 0 Å². The van der Waals surface area contributed by atoms with Crippen LogP contribution in [0.5, 0.6) is 0 Å². The molecule has 1 aliphatic rings. The molecule has 1 aliphatic heterocycles. The van der Waals surface area contributed by atoms with Crippen molar-refractivity contribution >= 4 is 18.5 Å². The van der Waals surface area contributed by atoms with Gasteiger partial charge in [0.25, 0.3) is 0 Å². The van der Waals surface area contributed by atoms with Gasteiger partial charge in [0.05, 0.1) is 13.2 Å². The van der Waals surface area contributed by atoms with Crippen molar-refractivity contribution in [1.29, 1.82) is 0 Å². The van der Waals surface area contributed by atoms with Gasteiger partial charge in [0.2, 0.25) is 0 Å². The summed E-state index contributed by atoms with van der Waals surface area (Å²) in [5, 5.41) is 0. The van der Waals surface area contributed by atoms with Gasteiger partial charge in [-0.05, 0) is 11.8 Å². The second-order valence-electron chi connectivity index (χ2n) is 3.34. The molecule has 0 bridgehead atoms. The predicted molar refractivity (Wildman–Crippen MR) is 47.0 cm³/mol. The fourth-order valence-electron chi connectivity index (χ4n) is 0.692. The second-order valence-corrected chi connectivity index (χ2v) is 6.46. The molecule has 0 aromatic rings. The Kier molecular flexibility index (Phi) is 2.72. The van der Waals surface area contributed by atoms with Gasteiger partial charge in [0.1, 0.15) is 0 Å². The van der Waals surface area contributed by atoms with Crippen molar-refractivity contribution in [3.05, 3.63) is 0 Å². The molecule has 0 spiro atoms. The molecule has 5 heteroatoms. The van der Waals surface area contributed by atoms with E-state index in [0.717, 1.165) is 0 Å². The average molecular weight is 196 g/mol. The molecule has 0 saturated carbocycles. The van der Waals surface area contributed by atoms with Gasteiger partial charge in [-0.25, -0.2) is 0 Å². The van der Waals surface area contributed by atoms with E-state index in [1.165, 1.54) is 7.11 Å². The molecule has 0 aromatic heterocycles. The van der Waals surface area contributed by atoms with Crippen LogP contribution in [0.4, 0.5) is 0 Å². The second kappa shape index (κ2) is 3.11. The van der Waals surface area contributed by atoms with Crippen LogP contribution in [0.3, 0.4) is 0 Å². The van der Waals surface area contributed by atoms with Crippen LogP contribution in [-0.2, 0) is 25.4 Å². The molecule has 0 unspecified atom stereocenters. The lowest BCUT2D eigenvalue weighted by molar-refractivity contribution is 0.0317. The van der Waals surface area contributed by atoms with Gasteiger partial charge >= 0.3 is 6.72 Å². The molecule has 0 radical (unpaired) electrons. The van der Waals surface area contributed by atoms with Crippen LogP contribution in [0.2, 0.25) is 0 Å². The summed E-state index contributed by atoms with van der Waals surface area (Å²) in [6.45, 7) is 3.05. The maximum atomic E-state index is 5.31. The molecule has 66 valence electrons. The zero-order valence-electron chi connectivity index (χ0n) is 6.99. The molecule has 1 saturated heterocycles. The molecule has 1 rings (SSSR count). The summed E-state index contributed by atoms with van der Waals surface area (Å²) in [7, 11) is 1.53. The van der Waals surface area contributed by atoms with E-state index in [4.69, 9.17) is 25.4 Å². The summed E-state index contributed by atoms with van der Waals surface area (Å²) >= 11 is 5.00. The standard InChI is InChI=1S/C6H13O3PS/c1-6(2)4-8-10(11,7-3)9-5-6/h4-5H2,1-3H3. The molecule has 0 aliphatic carbocycles. The minimum absolute atomic E-state index is 0.0703. The van der Waals surface area contributed by atoms with Gasteiger partial charge in [0, 0.05) is 12.5 Å². The lowest BCUT2D eigenvalue weighted by Gasteiger charge is -2.34. The van der Waals surface area contributed by atoms with E-state index >= 15 is 0 Å². The molecule has 11 heavy (non-hydrogen) atoms. The maximum Gasteiger partial charge on any atom is 0.326 e. The number of hydrogen-bond acceptors (Lipinski definition) is 4. The Labute approximate surface area is 72.3 Å². The highest BCUT2D eigenvalue weighted by Crippen LogP contribution is 2.54. The van der Waals surface area contributed by atoms with Gasteiger partial charge in [-0.3, -0.25) is 0 Å². The minimum atomic E-state index is -2.34. The fourth-order valence-corrected chi connectivity index (χ4v) is 2.31. The fraction of sp³-hybridized carbons (Fsp3) is 1.00. The van der Waals surface area contributed by atoms with Gasteiger partial charge in [-0.1, -0.05) is 13.8 Å².